The average Bonchev–Trinajstić information content (AvgIpc) is 2.75. The molecule has 0 fully saturated rings. The number of rotatable bonds is 2. The Morgan fingerprint density at radius 3 is 2.81 bits per heavy atom. The number of aldehydes is 1. The van der Waals surface area contributed by atoms with E-state index in [9.17, 15) is 4.79 Å². The summed E-state index contributed by atoms with van der Waals surface area (Å²) in [7, 11) is 0. The fourth-order valence-electron chi connectivity index (χ4n) is 1.37. The van der Waals surface area contributed by atoms with Crippen LogP contribution in [0.4, 0.5) is 0 Å². The predicted molar refractivity (Wildman–Crippen MR) is 60.2 cm³/mol. The van der Waals surface area contributed by atoms with Crippen molar-refractivity contribution in [2.24, 2.45) is 0 Å². The fourth-order valence-corrected chi connectivity index (χ4v) is 1.46. The Kier molecular flexibility index (Phi) is 3.33. The Hall–Kier alpha value is -1.66. The number of hydrogen-bond acceptors (Lipinski definition) is 3. The van der Waals surface area contributed by atoms with Crippen LogP contribution in [-0.4, -0.2) is 19.0 Å². The molecule has 0 N–H and O–H groups in total. The Balaban J connectivity index is 2.37. The quantitative estimate of drug-likeness (QED) is 0.449. The third kappa shape index (κ3) is 2.12. The number of alkyl halides is 1. The van der Waals surface area contributed by atoms with Crippen molar-refractivity contribution in [2.75, 3.05) is 12.7 Å². The Bertz CT molecular complexity index is 471. The molecule has 2 rings (SSSR count). The highest BCUT2D eigenvalue weighted by Crippen LogP contribution is 2.34. The van der Waals surface area contributed by atoms with Crippen molar-refractivity contribution in [3.8, 4) is 23.3 Å². The zero-order chi connectivity index (χ0) is 11.4. The molecular weight excluding hydrogens is 228 g/mol. The van der Waals surface area contributed by atoms with Gasteiger partial charge in [-0.3, -0.25) is 4.79 Å². The van der Waals surface area contributed by atoms with Gasteiger partial charge in [0, 0.05) is 29.5 Å². The van der Waals surface area contributed by atoms with Gasteiger partial charge in [-0.2, -0.15) is 0 Å². The second-order valence-electron chi connectivity index (χ2n) is 3.15. The van der Waals surface area contributed by atoms with E-state index in [4.69, 9.17) is 21.1 Å². The fraction of sp³-hybridized carbons (Fsp3) is 0.250. The highest BCUT2D eigenvalue weighted by Gasteiger charge is 2.15. The first kappa shape index (κ1) is 10.8. The third-order valence-electron chi connectivity index (χ3n) is 2.11. The van der Waals surface area contributed by atoms with E-state index in [1.54, 1.807) is 12.1 Å². The van der Waals surface area contributed by atoms with Crippen LogP contribution in [-0.2, 0) is 0 Å². The zero-order valence-corrected chi connectivity index (χ0v) is 9.21. The lowest BCUT2D eigenvalue weighted by atomic mass is 10.1. The summed E-state index contributed by atoms with van der Waals surface area (Å²) >= 11 is 5.52. The summed E-state index contributed by atoms with van der Waals surface area (Å²) in [5.74, 6) is 7.47. The van der Waals surface area contributed by atoms with E-state index in [0.717, 1.165) is 6.29 Å². The van der Waals surface area contributed by atoms with Gasteiger partial charge in [-0.1, -0.05) is 11.8 Å². The maximum Gasteiger partial charge on any atom is 0.231 e. The van der Waals surface area contributed by atoms with Crippen molar-refractivity contribution >= 4 is 17.9 Å². The lowest BCUT2D eigenvalue weighted by Gasteiger charge is -1.99. The summed E-state index contributed by atoms with van der Waals surface area (Å²) < 4.78 is 10.4. The second kappa shape index (κ2) is 4.91. The number of hydrogen-bond donors (Lipinski definition) is 0. The first-order chi connectivity index (χ1) is 7.85. The van der Waals surface area contributed by atoms with Crippen molar-refractivity contribution in [3.63, 3.8) is 0 Å². The molecule has 0 amide bonds. The minimum absolute atomic E-state index is 0.187. The number of halogens is 1. The minimum Gasteiger partial charge on any atom is -0.454 e. The molecule has 1 aliphatic heterocycles. The number of fused-ring (bicyclic) bond motifs is 1. The molecule has 3 nitrogen and oxygen atoms in total. The molecule has 1 aliphatic rings. The monoisotopic (exact) mass is 236 g/mol. The van der Waals surface area contributed by atoms with Crippen LogP contribution in [0.5, 0.6) is 11.5 Å². The predicted octanol–water partition coefficient (Wildman–Crippen LogP) is 2.21. The van der Waals surface area contributed by atoms with Crippen LogP contribution in [0.1, 0.15) is 22.3 Å². The summed E-state index contributed by atoms with van der Waals surface area (Å²) in [4.78, 5) is 10.9. The van der Waals surface area contributed by atoms with Crippen LogP contribution in [0.3, 0.4) is 0 Å². The Labute approximate surface area is 98.3 Å². The largest absolute Gasteiger partial charge is 0.454 e. The molecule has 82 valence electrons. The Morgan fingerprint density at radius 2 is 2.12 bits per heavy atom. The van der Waals surface area contributed by atoms with Crippen LogP contribution in [0, 0.1) is 11.8 Å². The topological polar surface area (TPSA) is 35.5 Å². The van der Waals surface area contributed by atoms with E-state index in [-0.39, 0.29) is 6.79 Å². The highest BCUT2D eigenvalue weighted by atomic mass is 35.5. The van der Waals surface area contributed by atoms with Gasteiger partial charge in [0.05, 0.1) is 0 Å². The third-order valence-corrected chi connectivity index (χ3v) is 2.30. The molecule has 4 heteroatoms. The maximum atomic E-state index is 10.9. The lowest BCUT2D eigenvalue weighted by molar-refractivity contribution is 0.112. The second-order valence-corrected chi connectivity index (χ2v) is 3.53. The van der Waals surface area contributed by atoms with E-state index in [0.29, 0.717) is 34.9 Å². The first-order valence-corrected chi connectivity index (χ1v) is 5.32. The smallest absolute Gasteiger partial charge is 0.231 e. The van der Waals surface area contributed by atoms with Crippen LogP contribution in [0.2, 0.25) is 0 Å². The van der Waals surface area contributed by atoms with Crippen molar-refractivity contribution in [1.82, 2.24) is 0 Å². The van der Waals surface area contributed by atoms with Gasteiger partial charge in [-0.05, 0) is 6.07 Å². The summed E-state index contributed by atoms with van der Waals surface area (Å²) in [5, 5.41) is 0. The van der Waals surface area contributed by atoms with Crippen molar-refractivity contribution < 1.29 is 14.3 Å². The first-order valence-electron chi connectivity index (χ1n) is 4.79. The summed E-state index contributed by atoms with van der Waals surface area (Å²) in [6.45, 7) is 0.187. The molecule has 16 heavy (non-hydrogen) atoms. The molecule has 0 saturated heterocycles. The molecule has 1 aromatic rings. The van der Waals surface area contributed by atoms with Crippen LogP contribution >= 0.6 is 11.6 Å². The molecule has 0 radical (unpaired) electrons. The lowest BCUT2D eigenvalue weighted by Crippen LogP contribution is -1.92. The summed E-state index contributed by atoms with van der Waals surface area (Å²) in [6.07, 6.45) is 1.35. The standard InChI is InChI=1S/C12H9ClO3/c13-4-2-1-3-9-5-11-12(16-8-15-11)6-10(9)7-14/h5-7H,2,4,8H2. The minimum atomic E-state index is 0.187. The molecule has 1 heterocycles. The van der Waals surface area contributed by atoms with Crippen molar-refractivity contribution in [3.05, 3.63) is 23.3 Å². The van der Waals surface area contributed by atoms with E-state index in [1.807, 2.05) is 0 Å². The van der Waals surface area contributed by atoms with Gasteiger partial charge in [0.1, 0.15) is 0 Å². The molecular formula is C12H9ClO3. The van der Waals surface area contributed by atoms with Gasteiger partial charge >= 0.3 is 0 Å². The van der Waals surface area contributed by atoms with Gasteiger partial charge in [-0.15, -0.1) is 11.6 Å². The summed E-state index contributed by atoms with van der Waals surface area (Å²) in [6, 6.07) is 3.35. The van der Waals surface area contributed by atoms with Crippen molar-refractivity contribution in [2.45, 2.75) is 6.42 Å². The molecule has 1 aromatic carbocycles. The van der Waals surface area contributed by atoms with Gasteiger partial charge in [0.25, 0.3) is 0 Å². The molecule has 0 unspecified atom stereocenters. The van der Waals surface area contributed by atoms with Crippen LogP contribution in [0.15, 0.2) is 12.1 Å². The van der Waals surface area contributed by atoms with Crippen molar-refractivity contribution in [1.29, 1.82) is 0 Å². The molecule has 0 aromatic heterocycles. The van der Waals surface area contributed by atoms with Gasteiger partial charge in [-0.25, -0.2) is 0 Å². The van der Waals surface area contributed by atoms with Gasteiger partial charge in [0.2, 0.25) is 6.79 Å². The van der Waals surface area contributed by atoms with Gasteiger partial charge < -0.3 is 9.47 Å². The molecule has 0 aliphatic carbocycles. The Morgan fingerprint density at radius 1 is 1.38 bits per heavy atom. The molecule has 0 saturated carbocycles. The summed E-state index contributed by atoms with van der Waals surface area (Å²) in [5.41, 5.74) is 1.15. The SMILES string of the molecule is O=Cc1cc2c(cc1C#CCCCl)OCO2. The normalized spacial score (nSPS) is 11.8. The highest BCUT2D eigenvalue weighted by molar-refractivity contribution is 6.18. The van der Waals surface area contributed by atoms with E-state index >= 15 is 0 Å². The number of carbonyl (C=O) groups is 1. The van der Waals surface area contributed by atoms with Crippen LogP contribution in [0.25, 0.3) is 0 Å². The van der Waals surface area contributed by atoms with E-state index in [2.05, 4.69) is 11.8 Å². The molecule has 0 bridgehead atoms. The molecule has 0 spiro atoms. The number of carbonyl (C=O) groups excluding carboxylic acids is 1. The number of benzene rings is 1. The van der Waals surface area contributed by atoms with E-state index < -0.39 is 0 Å². The average molecular weight is 237 g/mol. The van der Waals surface area contributed by atoms with E-state index in [1.165, 1.54) is 0 Å². The number of ether oxygens (including phenoxy) is 2. The zero-order valence-electron chi connectivity index (χ0n) is 8.46. The maximum absolute atomic E-state index is 10.9. The van der Waals surface area contributed by atoms with Crippen LogP contribution < -0.4 is 9.47 Å². The molecule has 0 atom stereocenters. The van der Waals surface area contributed by atoms with Gasteiger partial charge in [0.15, 0.2) is 17.8 Å².